The Kier molecular flexibility index (Phi) is 5.71. The van der Waals surface area contributed by atoms with Gasteiger partial charge in [-0.05, 0) is 26.3 Å². The van der Waals surface area contributed by atoms with Gasteiger partial charge in [-0.1, -0.05) is 30.3 Å². The number of carbonyl (C=O) groups is 1. The normalized spacial score (nSPS) is 11.7. The Morgan fingerprint density at radius 1 is 1.19 bits per heavy atom. The summed E-state index contributed by atoms with van der Waals surface area (Å²) < 4.78 is 5.16. The maximum absolute atomic E-state index is 11.7. The summed E-state index contributed by atoms with van der Waals surface area (Å²) in [6.07, 6.45) is -0.532. The second-order valence-electron chi connectivity index (χ2n) is 5.29. The first-order valence-electron chi connectivity index (χ1n) is 6.45. The molecule has 0 bridgehead atoms. The van der Waals surface area contributed by atoms with Gasteiger partial charge in [-0.3, -0.25) is 0 Å². The molecule has 0 heterocycles. The molecule has 5 N–H and O–H groups in total. The molecule has 0 radical (unpaired) electrons. The first kappa shape index (κ1) is 16.5. The SMILES string of the molecule is CC(C)(C)OC(=O)NC/C(=N\N=C(N)N)c1ccccc1. The molecule has 0 spiro atoms. The van der Waals surface area contributed by atoms with Crippen LogP contribution in [0, 0.1) is 0 Å². The van der Waals surface area contributed by atoms with Gasteiger partial charge in [0.05, 0.1) is 12.3 Å². The molecule has 0 atom stereocenters. The number of amides is 1. The molecule has 0 fully saturated rings. The van der Waals surface area contributed by atoms with E-state index in [1.165, 1.54) is 0 Å². The smallest absolute Gasteiger partial charge is 0.407 e. The van der Waals surface area contributed by atoms with E-state index in [4.69, 9.17) is 16.2 Å². The van der Waals surface area contributed by atoms with Crippen LogP contribution < -0.4 is 16.8 Å². The average Bonchev–Trinajstić information content (AvgIpc) is 2.37. The highest BCUT2D eigenvalue weighted by Gasteiger charge is 2.16. The van der Waals surface area contributed by atoms with Crippen molar-refractivity contribution in [3.05, 3.63) is 35.9 Å². The van der Waals surface area contributed by atoms with Crippen LogP contribution in [0.1, 0.15) is 26.3 Å². The Morgan fingerprint density at radius 3 is 2.33 bits per heavy atom. The molecule has 1 aromatic rings. The Bertz CT molecular complexity index is 528. The van der Waals surface area contributed by atoms with E-state index in [1.807, 2.05) is 30.3 Å². The zero-order valence-corrected chi connectivity index (χ0v) is 12.5. The van der Waals surface area contributed by atoms with Gasteiger partial charge in [0, 0.05) is 0 Å². The molecule has 7 heteroatoms. The predicted octanol–water partition coefficient (Wildman–Crippen LogP) is 1.19. The summed E-state index contributed by atoms with van der Waals surface area (Å²) in [4.78, 5) is 11.7. The number of guanidine groups is 1. The number of rotatable bonds is 4. The highest BCUT2D eigenvalue weighted by Crippen LogP contribution is 2.07. The van der Waals surface area contributed by atoms with E-state index in [0.29, 0.717) is 5.71 Å². The summed E-state index contributed by atoms with van der Waals surface area (Å²) in [7, 11) is 0. The van der Waals surface area contributed by atoms with Gasteiger partial charge >= 0.3 is 6.09 Å². The summed E-state index contributed by atoms with van der Waals surface area (Å²) in [5.74, 6) is -0.152. The fraction of sp³-hybridized carbons (Fsp3) is 0.357. The monoisotopic (exact) mass is 291 g/mol. The van der Waals surface area contributed by atoms with E-state index in [-0.39, 0.29) is 12.5 Å². The molecule has 114 valence electrons. The van der Waals surface area contributed by atoms with Gasteiger partial charge in [0.2, 0.25) is 5.96 Å². The van der Waals surface area contributed by atoms with Gasteiger partial charge in [0.25, 0.3) is 0 Å². The van der Waals surface area contributed by atoms with E-state index in [2.05, 4.69) is 15.5 Å². The van der Waals surface area contributed by atoms with Crippen molar-refractivity contribution in [1.82, 2.24) is 5.32 Å². The fourth-order valence-electron chi connectivity index (χ4n) is 1.41. The number of nitrogens with zero attached hydrogens (tertiary/aromatic N) is 2. The van der Waals surface area contributed by atoms with Gasteiger partial charge in [-0.25, -0.2) is 4.79 Å². The van der Waals surface area contributed by atoms with Crippen molar-refractivity contribution in [3.63, 3.8) is 0 Å². The molecule has 0 aromatic heterocycles. The van der Waals surface area contributed by atoms with E-state index in [1.54, 1.807) is 20.8 Å². The molecule has 0 unspecified atom stereocenters. The largest absolute Gasteiger partial charge is 0.444 e. The van der Waals surface area contributed by atoms with Crippen molar-refractivity contribution < 1.29 is 9.53 Å². The van der Waals surface area contributed by atoms with Crippen LogP contribution in [0.4, 0.5) is 4.79 Å². The minimum atomic E-state index is -0.562. The van der Waals surface area contributed by atoms with Crippen LogP contribution in [-0.4, -0.2) is 29.9 Å². The van der Waals surface area contributed by atoms with Crippen LogP contribution in [0.25, 0.3) is 0 Å². The number of carbonyl (C=O) groups excluding carboxylic acids is 1. The molecule has 7 nitrogen and oxygen atoms in total. The molecule has 0 aliphatic heterocycles. The summed E-state index contributed by atoms with van der Waals surface area (Å²) in [6, 6.07) is 9.28. The number of hydrogen-bond acceptors (Lipinski definition) is 4. The Morgan fingerprint density at radius 2 is 1.81 bits per heavy atom. The van der Waals surface area contributed by atoms with Gasteiger partial charge in [-0.15, -0.1) is 10.2 Å². The lowest BCUT2D eigenvalue weighted by Crippen LogP contribution is -2.35. The molecule has 1 amide bonds. The molecule has 1 rings (SSSR count). The van der Waals surface area contributed by atoms with Gasteiger partial charge in [0.1, 0.15) is 5.60 Å². The topological polar surface area (TPSA) is 115 Å². The minimum Gasteiger partial charge on any atom is -0.444 e. The number of ether oxygens (including phenoxy) is 1. The number of nitrogens with two attached hydrogens (primary N) is 2. The van der Waals surface area contributed by atoms with Gasteiger partial charge < -0.3 is 21.5 Å². The van der Waals surface area contributed by atoms with Crippen molar-refractivity contribution in [2.45, 2.75) is 26.4 Å². The van der Waals surface area contributed by atoms with Crippen molar-refractivity contribution in [2.75, 3.05) is 6.54 Å². The first-order chi connectivity index (χ1) is 9.78. The maximum atomic E-state index is 11.7. The first-order valence-corrected chi connectivity index (χ1v) is 6.45. The van der Waals surface area contributed by atoms with E-state index >= 15 is 0 Å². The molecule has 0 saturated carbocycles. The third-order valence-corrected chi connectivity index (χ3v) is 2.19. The summed E-state index contributed by atoms with van der Waals surface area (Å²) >= 11 is 0. The standard InChI is InChI=1S/C14H21N5O2/c1-14(2,3)21-13(20)17-9-11(18-19-12(15)16)10-7-5-4-6-8-10/h4-8H,9H2,1-3H3,(H,17,20)(H4,15,16,19)/b18-11+. The fourth-order valence-corrected chi connectivity index (χ4v) is 1.41. The lowest BCUT2D eigenvalue weighted by molar-refractivity contribution is 0.0536. The van der Waals surface area contributed by atoms with Crippen LogP contribution in [0.15, 0.2) is 40.5 Å². The van der Waals surface area contributed by atoms with E-state index in [0.717, 1.165) is 5.56 Å². The molecule has 21 heavy (non-hydrogen) atoms. The van der Waals surface area contributed by atoms with Gasteiger partial charge in [-0.2, -0.15) is 0 Å². The Labute approximate surface area is 124 Å². The molecular weight excluding hydrogens is 270 g/mol. The third-order valence-electron chi connectivity index (χ3n) is 2.19. The zero-order valence-electron chi connectivity index (χ0n) is 12.5. The van der Waals surface area contributed by atoms with Crippen molar-refractivity contribution >= 4 is 17.8 Å². The third kappa shape index (κ3) is 6.95. The zero-order chi connectivity index (χ0) is 15.9. The molecule has 0 aliphatic rings. The van der Waals surface area contributed by atoms with Crippen LogP contribution in [0.2, 0.25) is 0 Å². The highest BCUT2D eigenvalue weighted by atomic mass is 16.6. The van der Waals surface area contributed by atoms with E-state index < -0.39 is 11.7 Å². The quantitative estimate of drug-likeness (QED) is 0.439. The van der Waals surface area contributed by atoms with Crippen molar-refractivity contribution in [1.29, 1.82) is 0 Å². The van der Waals surface area contributed by atoms with Crippen LogP contribution in [0.3, 0.4) is 0 Å². The summed E-state index contributed by atoms with van der Waals surface area (Å²) in [5, 5.41) is 10.2. The Hall–Kier alpha value is -2.57. The second-order valence-corrected chi connectivity index (χ2v) is 5.29. The number of benzene rings is 1. The van der Waals surface area contributed by atoms with Crippen LogP contribution in [0.5, 0.6) is 0 Å². The lowest BCUT2D eigenvalue weighted by atomic mass is 10.1. The van der Waals surface area contributed by atoms with E-state index in [9.17, 15) is 4.79 Å². The molecule has 0 aliphatic carbocycles. The number of alkyl carbamates (subject to hydrolysis) is 1. The van der Waals surface area contributed by atoms with Crippen molar-refractivity contribution in [2.24, 2.45) is 21.7 Å². The average molecular weight is 291 g/mol. The summed E-state index contributed by atoms with van der Waals surface area (Å²) in [5.41, 5.74) is 11.3. The molecule has 0 saturated heterocycles. The van der Waals surface area contributed by atoms with Crippen LogP contribution >= 0.6 is 0 Å². The summed E-state index contributed by atoms with van der Waals surface area (Å²) in [6.45, 7) is 5.52. The molecular formula is C14H21N5O2. The molecule has 1 aromatic carbocycles. The lowest BCUT2D eigenvalue weighted by Gasteiger charge is -2.19. The maximum Gasteiger partial charge on any atom is 0.407 e. The predicted molar refractivity (Wildman–Crippen MR) is 83.0 cm³/mol. The Balaban J connectivity index is 2.78. The number of nitrogens with one attached hydrogen (secondary N) is 1. The van der Waals surface area contributed by atoms with Gasteiger partial charge in [0.15, 0.2) is 0 Å². The van der Waals surface area contributed by atoms with Crippen LogP contribution in [-0.2, 0) is 4.74 Å². The second kappa shape index (κ2) is 7.28. The highest BCUT2D eigenvalue weighted by molar-refractivity contribution is 6.03. The number of hydrogen-bond donors (Lipinski definition) is 3. The minimum absolute atomic E-state index is 0.149. The van der Waals surface area contributed by atoms with Crippen molar-refractivity contribution in [3.8, 4) is 0 Å².